The van der Waals surface area contributed by atoms with Crippen LogP contribution < -0.4 is 10.1 Å². The Balaban J connectivity index is 1.49. The molecule has 1 fully saturated rings. The molecule has 0 aliphatic heterocycles. The molecule has 0 saturated heterocycles. The molecule has 1 aromatic carbocycles. The van der Waals surface area contributed by atoms with Gasteiger partial charge in [-0.1, -0.05) is 30.5 Å². The van der Waals surface area contributed by atoms with E-state index in [0.29, 0.717) is 30.6 Å². The zero-order valence-corrected chi connectivity index (χ0v) is 16.1. The Morgan fingerprint density at radius 2 is 2.11 bits per heavy atom. The van der Waals surface area contributed by atoms with Crippen molar-refractivity contribution < 1.29 is 14.3 Å². The van der Waals surface area contributed by atoms with E-state index in [0.717, 1.165) is 17.9 Å². The number of carbonyl (C=O) groups excluding carboxylic acids is 1. The normalized spacial score (nSPS) is 14.9. The highest BCUT2D eigenvalue weighted by Gasteiger charge is 2.17. The summed E-state index contributed by atoms with van der Waals surface area (Å²) in [5.41, 5.74) is 1.84. The lowest BCUT2D eigenvalue weighted by Gasteiger charge is -2.21. The van der Waals surface area contributed by atoms with Gasteiger partial charge in [0.15, 0.2) is 5.69 Å². The molecular weight excluding hydrogens is 344 g/mol. The molecule has 3 rings (SSSR count). The van der Waals surface area contributed by atoms with Gasteiger partial charge in [0, 0.05) is 19.2 Å². The molecule has 2 aromatic rings. The molecule has 7 heteroatoms. The van der Waals surface area contributed by atoms with E-state index in [2.05, 4.69) is 15.6 Å². The van der Waals surface area contributed by atoms with Gasteiger partial charge < -0.3 is 14.8 Å². The predicted octanol–water partition coefficient (Wildman–Crippen LogP) is 3.05. The molecule has 27 heavy (non-hydrogen) atoms. The van der Waals surface area contributed by atoms with Crippen LogP contribution in [0.4, 0.5) is 0 Å². The van der Waals surface area contributed by atoms with E-state index < -0.39 is 0 Å². The molecule has 146 valence electrons. The Bertz CT molecular complexity index is 753. The summed E-state index contributed by atoms with van der Waals surface area (Å²) >= 11 is 0. The monoisotopic (exact) mass is 372 g/mol. The number of benzene rings is 1. The predicted molar refractivity (Wildman–Crippen MR) is 102 cm³/mol. The van der Waals surface area contributed by atoms with E-state index in [1.807, 2.05) is 31.2 Å². The molecule has 0 spiro atoms. The fraction of sp³-hybridized carbons (Fsp3) is 0.550. The molecule has 1 aromatic heterocycles. The number of aromatic nitrogens is 3. The third-order valence-corrected chi connectivity index (χ3v) is 4.92. The molecule has 7 nitrogen and oxygen atoms in total. The zero-order valence-electron chi connectivity index (χ0n) is 16.1. The summed E-state index contributed by atoms with van der Waals surface area (Å²) in [5, 5.41) is 11.1. The second-order valence-electron chi connectivity index (χ2n) is 6.88. The van der Waals surface area contributed by atoms with E-state index in [-0.39, 0.29) is 5.91 Å². The van der Waals surface area contributed by atoms with Gasteiger partial charge in [0.25, 0.3) is 5.91 Å². The second kappa shape index (κ2) is 9.50. The van der Waals surface area contributed by atoms with E-state index in [1.165, 1.54) is 32.1 Å². The van der Waals surface area contributed by atoms with Crippen LogP contribution in [0.5, 0.6) is 5.75 Å². The summed E-state index contributed by atoms with van der Waals surface area (Å²) in [6.07, 6.45) is 7.39. The number of hydrogen-bond acceptors (Lipinski definition) is 5. The van der Waals surface area contributed by atoms with Gasteiger partial charge >= 0.3 is 0 Å². The number of carbonyl (C=O) groups is 1. The Morgan fingerprint density at radius 3 is 2.89 bits per heavy atom. The van der Waals surface area contributed by atoms with Crippen LogP contribution in [0, 0.1) is 6.92 Å². The molecule has 1 N–H and O–H groups in total. The molecule has 0 bridgehead atoms. The van der Waals surface area contributed by atoms with Gasteiger partial charge in [0.1, 0.15) is 5.75 Å². The maximum atomic E-state index is 12.4. The number of nitrogens with one attached hydrogen (secondary N) is 1. The highest BCUT2D eigenvalue weighted by Crippen LogP contribution is 2.20. The summed E-state index contributed by atoms with van der Waals surface area (Å²) in [7, 11) is 1.62. The number of rotatable bonds is 8. The molecule has 0 atom stereocenters. The van der Waals surface area contributed by atoms with Crippen molar-refractivity contribution in [3.63, 3.8) is 0 Å². The summed E-state index contributed by atoms with van der Waals surface area (Å²) in [6, 6.07) is 7.49. The quantitative estimate of drug-likeness (QED) is 0.721. The average molecular weight is 372 g/mol. The maximum Gasteiger partial charge on any atom is 0.273 e. The van der Waals surface area contributed by atoms with Crippen molar-refractivity contribution >= 4 is 5.91 Å². The van der Waals surface area contributed by atoms with Crippen molar-refractivity contribution in [2.24, 2.45) is 0 Å². The summed E-state index contributed by atoms with van der Waals surface area (Å²) in [6.45, 7) is 3.08. The molecule has 0 unspecified atom stereocenters. The van der Waals surface area contributed by atoms with Crippen LogP contribution in [-0.4, -0.2) is 47.3 Å². The van der Waals surface area contributed by atoms with Gasteiger partial charge in [-0.15, -0.1) is 5.10 Å². The van der Waals surface area contributed by atoms with E-state index in [1.54, 1.807) is 11.8 Å². The summed E-state index contributed by atoms with van der Waals surface area (Å²) < 4.78 is 12.8. The molecule has 0 radical (unpaired) electrons. The fourth-order valence-electron chi connectivity index (χ4n) is 3.37. The molecule has 1 aliphatic carbocycles. The number of ether oxygens (including phenoxy) is 2. The van der Waals surface area contributed by atoms with E-state index in [9.17, 15) is 4.79 Å². The SMILES string of the molecule is COc1cccc(-n2nnc(C(=O)NCCCOC3CCCCC3)c2C)c1. The highest BCUT2D eigenvalue weighted by molar-refractivity contribution is 5.93. The topological polar surface area (TPSA) is 78.3 Å². The van der Waals surface area contributed by atoms with Gasteiger partial charge in [0.2, 0.25) is 0 Å². The van der Waals surface area contributed by atoms with Gasteiger partial charge in [-0.2, -0.15) is 0 Å². The van der Waals surface area contributed by atoms with Crippen molar-refractivity contribution in [1.82, 2.24) is 20.3 Å². The number of amides is 1. The Morgan fingerprint density at radius 1 is 1.30 bits per heavy atom. The second-order valence-corrected chi connectivity index (χ2v) is 6.88. The molecular formula is C20H28N4O3. The van der Waals surface area contributed by atoms with Crippen LogP contribution >= 0.6 is 0 Å². The lowest BCUT2D eigenvalue weighted by Crippen LogP contribution is -2.27. The van der Waals surface area contributed by atoms with Crippen LogP contribution in [-0.2, 0) is 4.74 Å². The van der Waals surface area contributed by atoms with Crippen molar-refractivity contribution in [2.75, 3.05) is 20.3 Å². The fourth-order valence-corrected chi connectivity index (χ4v) is 3.37. The standard InChI is InChI=1S/C20H28N4O3/c1-15-19(22-23-24(15)16-8-6-11-18(14-16)26-2)20(25)21-12-7-13-27-17-9-4-3-5-10-17/h6,8,11,14,17H,3-5,7,9-10,12-13H2,1-2H3,(H,21,25). The third-order valence-electron chi connectivity index (χ3n) is 4.92. The Kier molecular flexibility index (Phi) is 6.81. The van der Waals surface area contributed by atoms with Gasteiger partial charge in [0.05, 0.1) is 24.6 Å². The molecule has 1 heterocycles. The Hall–Kier alpha value is -2.41. The van der Waals surface area contributed by atoms with Crippen LogP contribution in [0.2, 0.25) is 0 Å². The molecule has 1 saturated carbocycles. The summed E-state index contributed by atoms with van der Waals surface area (Å²) in [4.78, 5) is 12.4. The van der Waals surface area contributed by atoms with E-state index in [4.69, 9.17) is 9.47 Å². The van der Waals surface area contributed by atoms with Crippen molar-refractivity contribution in [1.29, 1.82) is 0 Å². The first kappa shape index (κ1) is 19.4. The van der Waals surface area contributed by atoms with Gasteiger partial charge in [-0.25, -0.2) is 4.68 Å². The third kappa shape index (κ3) is 5.07. The summed E-state index contributed by atoms with van der Waals surface area (Å²) in [5.74, 6) is 0.519. The molecule has 1 amide bonds. The minimum absolute atomic E-state index is 0.209. The average Bonchev–Trinajstić information content (AvgIpc) is 3.10. The number of methoxy groups -OCH3 is 1. The van der Waals surface area contributed by atoms with Crippen LogP contribution in [0.1, 0.15) is 54.7 Å². The zero-order chi connectivity index (χ0) is 19.1. The minimum Gasteiger partial charge on any atom is -0.497 e. The molecule has 1 aliphatic rings. The maximum absolute atomic E-state index is 12.4. The first-order valence-electron chi connectivity index (χ1n) is 9.65. The van der Waals surface area contributed by atoms with Crippen molar-refractivity contribution in [3.8, 4) is 11.4 Å². The lowest BCUT2D eigenvalue weighted by atomic mass is 9.98. The minimum atomic E-state index is -0.209. The number of nitrogens with zero attached hydrogens (tertiary/aromatic N) is 3. The van der Waals surface area contributed by atoms with E-state index >= 15 is 0 Å². The highest BCUT2D eigenvalue weighted by atomic mass is 16.5. The number of hydrogen-bond donors (Lipinski definition) is 1. The smallest absolute Gasteiger partial charge is 0.273 e. The first-order chi connectivity index (χ1) is 13.2. The van der Waals surface area contributed by atoms with Crippen LogP contribution in [0.3, 0.4) is 0 Å². The Labute approximate surface area is 160 Å². The van der Waals surface area contributed by atoms with Gasteiger partial charge in [-0.3, -0.25) is 4.79 Å². The van der Waals surface area contributed by atoms with Crippen LogP contribution in [0.25, 0.3) is 5.69 Å². The lowest BCUT2D eigenvalue weighted by molar-refractivity contribution is 0.0273. The van der Waals surface area contributed by atoms with Crippen molar-refractivity contribution in [2.45, 2.75) is 51.6 Å². The largest absolute Gasteiger partial charge is 0.497 e. The first-order valence-corrected chi connectivity index (χ1v) is 9.65. The van der Waals surface area contributed by atoms with Crippen molar-refractivity contribution in [3.05, 3.63) is 35.7 Å². The van der Waals surface area contributed by atoms with Crippen LogP contribution in [0.15, 0.2) is 24.3 Å². The van der Waals surface area contributed by atoms with Gasteiger partial charge in [-0.05, 0) is 38.3 Å².